The first-order valence-electron chi connectivity index (χ1n) is 6.40. The van der Waals surface area contributed by atoms with E-state index in [2.05, 4.69) is 46.9 Å². The molecule has 118 valence electrons. The van der Waals surface area contributed by atoms with Crippen LogP contribution in [-0.4, -0.2) is 11.0 Å². The second-order valence-electron chi connectivity index (χ2n) is 6.05. The van der Waals surface area contributed by atoms with Crippen LogP contribution >= 0.6 is 0 Å². The van der Waals surface area contributed by atoms with Crippen molar-refractivity contribution in [2.45, 2.75) is 67.1 Å². The number of nitrogens with one attached hydrogen (secondary N) is 1. The number of rotatable bonds is 0. The zero-order chi connectivity index (χ0) is 15.1. The predicted molar refractivity (Wildman–Crippen MR) is 81.5 cm³/mol. The topological polar surface area (TPSA) is 23.8 Å². The Morgan fingerprint density at radius 1 is 1.10 bits per heavy atom. The van der Waals surface area contributed by atoms with Gasteiger partial charge in [0.05, 0.1) is 0 Å². The van der Waals surface area contributed by atoms with Crippen LogP contribution in [0.2, 0.25) is 13.1 Å². The van der Waals surface area contributed by atoms with Gasteiger partial charge in [-0.2, -0.15) is 11.1 Å². The molecule has 0 saturated carbocycles. The Hall–Kier alpha value is 1.12. The van der Waals surface area contributed by atoms with Gasteiger partial charge in [-0.3, -0.25) is 6.08 Å². The average molecular weight is 414 g/mol. The Labute approximate surface area is 154 Å². The maximum Gasteiger partial charge on any atom is -1.00 e. The monoisotopic (exact) mass is 411 g/mol. The maximum absolute atomic E-state index is 6.94. The zero-order valence-corrected chi connectivity index (χ0v) is 19.3. The molecule has 0 heterocycles. The molecule has 0 saturated heterocycles. The van der Waals surface area contributed by atoms with E-state index in [0.717, 1.165) is 0 Å². The van der Waals surface area contributed by atoms with E-state index in [4.69, 9.17) is 5.73 Å². The van der Waals surface area contributed by atoms with E-state index in [9.17, 15) is 0 Å². The Kier molecular flexibility index (Phi) is 20.1. The summed E-state index contributed by atoms with van der Waals surface area (Å²) in [7, 11) is 0. The third-order valence-corrected chi connectivity index (χ3v) is 2.24. The van der Waals surface area contributed by atoms with E-state index in [-0.39, 0.29) is 35.8 Å². The summed E-state index contributed by atoms with van der Waals surface area (Å²) >= 11 is 1.74. The zero-order valence-electron chi connectivity index (χ0n) is 14.3. The predicted octanol–water partition coefficient (Wildman–Crippen LogP) is -0.649. The summed E-state index contributed by atoms with van der Waals surface area (Å²) in [4.78, 5) is 0. The summed E-state index contributed by atoms with van der Waals surface area (Å²) in [5.74, 6) is 0.560. The number of hydrogen-bond donors (Lipinski definition) is 0. The third-order valence-electron chi connectivity index (χ3n) is 2.24. The SMILES string of the molecule is CC(C)(C)[NH-].CC1=[C-]C(C)C(C)=C1C.C[Si](C)=[Zr+2].[Cl-].[Cl-]. The van der Waals surface area contributed by atoms with Crippen LogP contribution in [0.3, 0.4) is 0 Å². The van der Waals surface area contributed by atoms with Gasteiger partial charge in [0, 0.05) is 0 Å². The van der Waals surface area contributed by atoms with Gasteiger partial charge in [-0.1, -0.05) is 47.5 Å². The van der Waals surface area contributed by atoms with Crippen molar-refractivity contribution >= 4 is 5.43 Å². The van der Waals surface area contributed by atoms with Crippen LogP contribution in [0.5, 0.6) is 0 Å². The first kappa shape index (κ1) is 29.2. The second-order valence-corrected chi connectivity index (χ2v) is 15.4. The Bertz CT molecular complexity index is 334. The van der Waals surface area contributed by atoms with Crippen molar-refractivity contribution in [3.8, 4) is 0 Å². The second kappa shape index (κ2) is 13.8. The van der Waals surface area contributed by atoms with E-state index in [1.165, 1.54) is 16.7 Å². The summed E-state index contributed by atoms with van der Waals surface area (Å²) in [5.41, 5.74) is 11.1. The van der Waals surface area contributed by atoms with Gasteiger partial charge in [-0.05, 0) is 0 Å². The van der Waals surface area contributed by atoms with Crippen molar-refractivity contribution in [2.24, 2.45) is 5.92 Å². The molecule has 0 amide bonds. The molecule has 1 unspecified atom stereocenters. The molecular formula is C15H29Cl2NSiZr-2. The molecule has 1 aliphatic carbocycles. The first-order valence-corrected chi connectivity index (χ1v) is 12.6. The fourth-order valence-corrected chi connectivity index (χ4v) is 1.16. The van der Waals surface area contributed by atoms with Crippen molar-refractivity contribution in [1.82, 2.24) is 0 Å². The van der Waals surface area contributed by atoms with E-state index in [0.29, 0.717) is 5.92 Å². The van der Waals surface area contributed by atoms with Gasteiger partial charge < -0.3 is 30.5 Å². The van der Waals surface area contributed by atoms with E-state index in [1.54, 1.807) is 23.3 Å². The quantitative estimate of drug-likeness (QED) is 0.372. The summed E-state index contributed by atoms with van der Waals surface area (Å²) in [6, 6.07) is 0. The largest absolute Gasteiger partial charge is 1.00 e. The van der Waals surface area contributed by atoms with Crippen LogP contribution < -0.4 is 24.8 Å². The molecule has 5 heteroatoms. The van der Waals surface area contributed by atoms with Crippen molar-refractivity contribution in [2.75, 3.05) is 0 Å². The van der Waals surface area contributed by atoms with Gasteiger partial charge in [0.15, 0.2) is 0 Å². The Morgan fingerprint density at radius 3 is 1.40 bits per heavy atom. The molecular weight excluding hydrogens is 384 g/mol. The molecule has 0 aromatic heterocycles. The molecule has 0 radical (unpaired) electrons. The van der Waals surface area contributed by atoms with Crippen LogP contribution in [-0.2, 0) is 23.3 Å². The molecule has 0 aliphatic heterocycles. The minimum absolute atomic E-state index is 0. The molecule has 0 bridgehead atoms. The van der Waals surface area contributed by atoms with Crippen LogP contribution in [0.4, 0.5) is 0 Å². The molecule has 1 N–H and O–H groups in total. The third kappa shape index (κ3) is 21.4. The van der Waals surface area contributed by atoms with Crippen molar-refractivity contribution in [3.63, 3.8) is 0 Å². The molecule has 1 rings (SSSR count). The number of allylic oxidation sites excluding steroid dienone is 4. The summed E-state index contributed by atoms with van der Waals surface area (Å²) < 4.78 is 0. The van der Waals surface area contributed by atoms with Gasteiger partial charge in [0.1, 0.15) is 0 Å². The maximum atomic E-state index is 6.94. The fraction of sp³-hybridized carbons (Fsp3) is 0.733. The van der Waals surface area contributed by atoms with Gasteiger partial charge in [0.2, 0.25) is 0 Å². The average Bonchev–Trinajstić information content (AvgIpc) is 2.29. The van der Waals surface area contributed by atoms with Gasteiger partial charge in [-0.25, -0.2) is 5.57 Å². The normalized spacial score (nSPS) is 16.6. The summed E-state index contributed by atoms with van der Waals surface area (Å²) in [6.07, 6.45) is 3.36. The van der Waals surface area contributed by atoms with Crippen LogP contribution in [0.25, 0.3) is 5.73 Å². The summed E-state index contributed by atoms with van der Waals surface area (Å²) in [6.45, 7) is 18.8. The molecule has 0 aromatic rings. The van der Waals surface area contributed by atoms with Gasteiger partial charge in [0.25, 0.3) is 0 Å². The Balaban J connectivity index is -0.000000102. The van der Waals surface area contributed by atoms with Gasteiger partial charge >= 0.3 is 41.9 Å². The molecule has 20 heavy (non-hydrogen) atoms. The number of hydrogen-bond acceptors (Lipinski definition) is 0. The van der Waals surface area contributed by atoms with Crippen molar-refractivity contribution in [3.05, 3.63) is 28.5 Å². The van der Waals surface area contributed by atoms with Gasteiger partial charge in [-0.15, -0.1) is 12.5 Å². The molecule has 1 nitrogen and oxygen atoms in total. The standard InChI is InChI=1S/C9H13.C4H10N.C2H6Si.2ClH.Zr/c1-6-5-7(2)9(4)8(6)3;1-4(2,3)5;1-3-2;;;/h6H,1-4H3;5H,1-3H3;1-2H3;2*1H;/q2*-1;;;;+2/p-2. The molecule has 0 fully saturated rings. The van der Waals surface area contributed by atoms with Crippen LogP contribution in [0.15, 0.2) is 16.7 Å². The molecule has 0 spiro atoms. The fourth-order valence-electron chi connectivity index (χ4n) is 1.16. The van der Waals surface area contributed by atoms with E-state index < -0.39 is 0 Å². The Morgan fingerprint density at radius 2 is 1.35 bits per heavy atom. The first-order chi connectivity index (χ1) is 7.86. The molecule has 1 aliphatic rings. The summed E-state index contributed by atoms with van der Waals surface area (Å²) in [5, 5.41) is 0. The van der Waals surface area contributed by atoms with Crippen LogP contribution in [0.1, 0.15) is 48.5 Å². The van der Waals surface area contributed by atoms with Crippen molar-refractivity contribution < 1.29 is 48.1 Å². The minimum atomic E-state index is -0.250. The van der Waals surface area contributed by atoms with Crippen molar-refractivity contribution in [1.29, 1.82) is 0 Å². The number of halogens is 2. The molecule has 1 atom stereocenters. The smallest absolute Gasteiger partial charge is 1.00 e. The van der Waals surface area contributed by atoms with E-state index >= 15 is 0 Å². The van der Waals surface area contributed by atoms with Crippen LogP contribution in [0, 0.1) is 12.0 Å². The van der Waals surface area contributed by atoms with E-state index in [1.807, 2.05) is 20.8 Å². The molecule has 0 aromatic carbocycles. The minimum Gasteiger partial charge on any atom is -1.00 e.